The van der Waals surface area contributed by atoms with E-state index in [1.54, 1.807) is 13.0 Å². The fourth-order valence-electron chi connectivity index (χ4n) is 2.85. The van der Waals surface area contributed by atoms with Gasteiger partial charge in [0.1, 0.15) is 0 Å². The number of carbonyl (C=O) groups excluding carboxylic acids is 2. The van der Waals surface area contributed by atoms with Gasteiger partial charge in [-0.05, 0) is 37.5 Å². The van der Waals surface area contributed by atoms with Crippen molar-refractivity contribution in [3.63, 3.8) is 0 Å². The van der Waals surface area contributed by atoms with Gasteiger partial charge < -0.3 is 9.64 Å². The summed E-state index contributed by atoms with van der Waals surface area (Å²) < 4.78 is 28.1. The molecule has 0 aliphatic carbocycles. The quantitative estimate of drug-likeness (QED) is 0.565. The lowest BCUT2D eigenvalue weighted by atomic mass is 10.1. The monoisotopic (exact) mass is 365 g/mol. The Labute approximate surface area is 148 Å². The highest BCUT2D eigenvalue weighted by Crippen LogP contribution is 2.18. The number of amides is 1. The molecule has 1 aromatic carbocycles. The van der Waals surface area contributed by atoms with E-state index in [-0.39, 0.29) is 30.1 Å². The van der Waals surface area contributed by atoms with Crippen LogP contribution in [-0.4, -0.2) is 55.9 Å². The van der Waals surface area contributed by atoms with Crippen molar-refractivity contribution >= 4 is 27.8 Å². The second-order valence-corrected chi connectivity index (χ2v) is 8.26. The van der Waals surface area contributed by atoms with E-state index in [1.807, 2.05) is 31.2 Å². The van der Waals surface area contributed by atoms with Gasteiger partial charge in [-0.15, -0.1) is 0 Å². The number of rotatable bonds is 6. The van der Waals surface area contributed by atoms with Crippen LogP contribution in [0.2, 0.25) is 0 Å². The summed E-state index contributed by atoms with van der Waals surface area (Å²) in [4.78, 5) is 25.5. The molecule has 0 saturated carbocycles. The SMILES string of the molecule is CCN(C(=O)COC(=O)/C=C/c1ccccc1C)[C@H]1CCS(=O)(=O)C1. The Hall–Kier alpha value is -2.15. The number of ether oxygens (including phenoxy) is 1. The molecule has 6 nitrogen and oxygen atoms in total. The van der Waals surface area contributed by atoms with Crippen molar-refractivity contribution < 1.29 is 22.7 Å². The molecule has 0 radical (unpaired) electrons. The molecule has 136 valence electrons. The van der Waals surface area contributed by atoms with Crippen molar-refractivity contribution in [2.45, 2.75) is 26.3 Å². The Kier molecular flexibility index (Phi) is 6.36. The van der Waals surface area contributed by atoms with Gasteiger partial charge in [0, 0.05) is 18.7 Å². The molecule has 0 spiro atoms. The summed E-state index contributed by atoms with van der Waals surface area (Å²) in [6.45, 7) is 3.71. The molecule has 1 fully saturated rings. The van der Waals surface area contributed by atoms with Crippen LogP contribution < -0.4 is 0 Å². The van der Waals surface area contributed by atoms with Crippen molar-refractivity contribution in [2.24, 2.45) is 0 Å². The van der Waals surface area contributed by atoms with Gasteiger partial charge >= 0.3 is 5.97 Å². The average molecular weight is 365 g/mol. The van der Waals surface area contributed by atoms with E-state index in [4.69, 9.17) is 4.74 Å². The van der Waals surface area contributed by atoms with Gasteiger partial charge in [0.15, 0.2) is 16.4 Å². The number of nitrogens with zero attached hydrogens (tertiary/aromatic N) is 1. The van der Waals surface area contributed by atoms with E-state index >= 15 is 0 Å². The molecule has 1 aliphatic heterocycles. The molecule has 25 heavy (non-hydrogen) atoms. The molecule has 2 rings (SSSR count). The topological polar surface area (TPSA) is 80.8 Å². The van der Waals surface area contributed by atoms with Crippen molar-refractivity contribution in [3.8, 4) is 0 Å². The van der Waals surface area contributed by atoms with Gasteiger partial charge in [0.05, 0.1) is 11.5 Å². The molecule has 1 atom stereocenters. The summed E-state index contributed by atoms with van der Waals surface area (Å²) >= 11 is 0. The van der Waals surface area contributed by atoms with E-state index in [2.05, 4.69) is 0 Å². The first kappa shape index (κ1) is 19.2. The lowest BCUT2D eigenvalue weighted by molar-refractivity contribution is -0.149. The van der Waals surface area contributed by atoms with Crippen LogP contribution in [0.4, 0.5) is 0 Å². The maximum Gasteiger partial charge on any atom is 0.331 e. The molecule has 0 unspecified atom stereocenters. The molecule has 1 aromatic rings. The zero-order valence-corrected chi connectivity index (χ0v) is 15.3. The van der Waals surface area contributed by atoms with Crippen LogP contribution in [0.5, 0.6) is 0 Å². The minimum absolute atomic E-state index is 0.0201. The number of likely N-dealkylation sites (N-methyl/N-ethyl adjacent to an activating group) is 1. The third-order valence-corrected chi connectivity index (χ3v) is 5.99. The third-order valence-electron chi connectivity index (χ3n) is 4.24. The Morgan fingerprint density at radius 2 is 2.04 bits per heavy atom. The number of benzene rings is 1. The molecule has 1 saturated heterocycles. The molecule has 0 bridgehead atoms. The smallest absolute Gasteiger partial charge is 0.331 e. The second kappa shape index (κ2) is 8.29. The van der Waals surface area contributed by atoms with Crippen LogP contribution in [0.25, 0.3) is 6.08 Å². The van der Waals surface area contributed by atoms with Gasteiger partial charge in [-0.25, -0.2) is 13.2 Å². The molecular formula is C18H23NO5S. The molecule has 0 aromatic heterocycles. The van der Waals surface area contributed by atoms with E-state index in [0.29, 0.717) is 13.0 Å². The summed E-state index contributed by atoms with van der Waals surface area (Å²) in [5.74, 6) is -0.900. The van der Waals surface area contributed by atoms with Crippen molar-refractivity contribution in [1.29, 1.82) is 0 Å². The standard InChI is InChI=1S/C18H23NO5S/c1-3-19(16-10-11-25(22,23)13-16)17(20)12-24-18(21)9-8-15-7-5-4-6-14(15)2/h4-9,16H,3,10-13H2,1-2H3/b9-8+/t16-/m0/s1. The van der Waals surface area contributed by atoms with E-state index < -0.39 is 15.8 Å². The molecule has 7 heteroatoms. The lowest BCUT2D eigenvalue weighted by Gasteiger charge is -2.26. The van der Waals surface area contributed by atoms with E-state index in [9.17, 15) is 18.0 Å². The number of hydrogen-bond donors (Lipinski definition) is 0. The van der Waals surface area contributed by atoms with Crippen LogP contribution in [0.1, 0.15) is 24.5 Å². The van der Waals surface area contributed by atoms with E-state index in [1.165, 1.54) is 11.0 Å². The molecule has 0 N–H and O–H groups in total. The summed E-state index contributed by atoms with van der Waals surface area (Å²) in [6, 6.07) is 7.26. The Morgan fingerprint density at radius 1 is 1.32 bits per heavy atom. The van der Waals surface area contributed by atoms with Crippen molar-refractivity contribution in [3.05, 3.63) is 41.5 Å². The molecule has 1 heterocycles. The van der Waals surface area contributed by atoms with Crippen LogP contribution in [0.15, 0.2) is 30.3 Å². The Balaban J connectivity index is 1.88. The van der Waals surface area contributed by atoms with E-state index in [0.717, 1.165) is 11.1 Å². The highest BCUT2D eigenvalue weighted by Gasteiger charge is 2.34. The minimum Gasteiger partial charge on any atom is -0.452 e. The van der Waals surface area contributed by atoms with Crippen LogP contribution in [0, 0.1) is 6.92 Å². The minimum atomic E-state index is -3.07. The lowest BCUT2D eigenvalue weighted by Crippen LogP contribution is -2.43. The third kappa shape index (κ3) is 5.42. The second-order valence-electron chi connectivity index (χ2n) is 6.03. The Morgan fingerprint density at radius 3 is 2.64 bits per heavy atom. The molecular weight excluding hydrogens is 342 g/mol. The number of hydrogen-bond acceptors (Lipinski definition) is 5. The largest absolute Gasteiger partial charge is 0.452 e. The van der Waals surface area contributed by atoms with Crippen molar-refractivity contribution in [2.75, 3.05) is 24.7 Å². The molecule has 1 aliphatic rings. The average Bonchev–Trinajstić information content (AvgIpc) is 2.92. The maximum absolute atomic E-state index is 12.2. The number of sulfone groups is 1. The number of aryl methyl sites for hydroxylation is 1. The summed E-state index contributed by atoms with van der Waals surface area (Å²) in [5, 5.41) is 0. The highest BCUT2D eigenvalue weighted by atomic mass is 32.2. The normalized spacial score (nSPS) is 19.0. The van der Waals surface area contributed by atoms with Gasteiger partial charge in [0.2, 0.25) is 0 Å². The predicted molar refractivity (Wildman–Crippen MR) is 95.6 cm³/mol. The fourth-order valence-corrected chi connectivity index (χ4v) is 4.59. The van der Waals surface area contributed by atoms with Gasteiger partial charge in [0.25, 0.3) is 5.91 Å². The van der Waals surface area contributed by atoms with Crippen LogP contribution >= 0.6 is 0 Å². The van der Waals surface area contributed by atoms with Crippen molar-refractivity contribution in [1.82, 2.24) is 4.90 Å². The zero-order valence-electron chi connectivity index (χ0n) is 14.5. The number of carbonyl (C=O) groups is 2. The highest BCUT2D eigenvalue weighted by molar-refractivity contribution is 7.91. The predicted octanol–water partition coefficient (Wildman–Crippen LogP) is 1.59. The van der Waals surface area contributed by atoms with Gasteiger partial charge in [-0.1, -0.05) is 24.3 Å². The zero-order chi connectivity index (χ0) is 18.4. The number of esters is 1. The first-order chi connectivity index (χ1) is 11.8. The Bertz CT molecular complexity index is 769. The molecule has 1 amide bonds. The van der Waals surface area contributed by atoms with Gasteiger partial charge in [-0.3, -0.25) is 4.79 Å². The summed E-state index contributed by atoms with van der Waals surface area (Å²) in [6.07, 6.45) is 3.36. The summed E-state index contributed by atoms with van der Waals surface area (Å²) in [7, 11) is -3.07. The first-order valence-corrected chi connectivity index (χ1v) is 10.0. The van der Waals surface area contributed by atoms with Crippen LogP contribution in [-0.2, 0) is 24.2 Å². The van der Waals surface area contributed by atoms with Crippen LogP contribution in [0.3, 0.4) is 0 Å². The summed E-state index contributed by atoms with van der Waals surface area (Å²) in [5.41, 5.74) is 1.93. The van der Waals surface area contributed by atoms with Gasteiger partial charge in [-0.2, -0.15) is 0 Å². The fraction of sp³-hybridized carbons (Fsp3) is 0.444. The first-order valence-electron chi connectivity index (χ1n) is 8.22. The maximum atomic E-state index is 12.2.